The number of hydrogen-bond donors (Lipinski definition) is 0. The van der Waals surface area contributed by atoms with Crippen LogP contribution in [0.5, 0.6) is 5.75 Å². The molecule has 4 aromatic rings. The number of methoxy groups -OCH3 is 1. The number of ether oxygens (including phenoxy) is 2. The van der Waals surface area contributed by atoms with Crippen LogP contribution >= 0.6 is 0 Å². The molecule has 0 bridgehead atoms. The topological polar surface area (TPSA) is 67.4 Å². The third-order valence-corrected chi connectivity index (χ3v) is 6.78. The molecule has 0 fully saturated rings. The summed E-state index contributed by atoms with van der Waals surface area (Å²) < 4.78 is 16.7. The first-order chi connectivity index (χ1) is 16.2. The fourth-order valence-electron chi connectivity index (χ4n) is 5.10. The minimum Gasteiger partial charge on any atom is -0.497 e. The maximum absolute atomic E-state index is 13.6. The van der Waals surface area contributed by atoms with Gasteiger partial charge in [-0.15, -0.1) is 0 Å². The third kappa shape index (κ3) is 3.15. The van der Waals surface area contributed by atoms with Crippen molar-refractivity contribution in [1.29, 1.82) is 0 Å². The molecule has 0 unspecified atom stereocenters. The standard InChI is InChI=1S/C27H29N3O4/c1-16-8-7-9-18(14-16)21-20-22(28(4)26(32)29(5)25(20)31)23-24(34-15-27(2,3)30(21)23)17-10-12-19(33-6)13-11-17/h7-14,24H,15H2,1-6H3/t24-/m0/s1. The maximum Gasteiger partial charge on any atom is 0.331 e. The van der Waals surface area contributed by atoms with Crippen molar-refractivity contribution in [3.63, 3.8) is 0 Å². The van der Waals surface area contributed by atoms with Crippen LogP contribution in [0.3, 0.4) is 0 Å². The highest BCUT2D eigenvalue weighted by molar-refractivity contribution is 5.97. The Bertz CT molecular complexity index is 1540. The summed E-state index contributed by atoms with van der Waals surface area (Å²) in [4.78, 5) is 26.7. The molecule has 34 heavy (non-hydrogen) atoms. The van der Waals surface area contributed by atoms with Gasteiger partial charge in [0.1, 0.15) is 11.9 Å². The molecule has 3 heterocycles. The smallest absolute Gasteiger partial charge is 0.331 e. The average Bonchev–Trinajstić information content (AvgIpc) is 3.19. The summed E-state index contributed by atoms with van der Waals surface area (Å²) in [5.74, 6) is 0.752. The van der Waals surface area contributed by atoms with Crippen molar-refractivity contribution >= 4 is 10.9 Å². The van der Waals surface area contributed by atoms with Crippen LogP contribution < -0.4 is 16.0 Å². The Hall–Kier alpha value is -3.58. The molecule has 0 N–H and O–H groups in total. The quantitative estimate of drug-likeness (QED) is 0.466. The maximum atomic E-state index is 13.6. The second-order valence-corrected chi connectivity index (χ2v) is 9.64. The number of aryl methyl sites for hydroxylation is 2. The first-order valence-electron chi connectivity index (χ1n) is 11.3. The molecule has 0 saturated heterocycles. The summed E-state index contributed by atoms with van der Waals surface area (Å²) in [5.41, 5.74) is 4.09. The van der Waals surface area contributed by atoms with Crippen LogP contribution in [-0.4, -0.2) is 27.4 Å². The molecule has 5 rings (SSSR count). The van der Waals surface area contributed by atoms with Gasteiger partial charge >= 0.3 is 5.69 Å². The molecule has 0 radical (unpaired) electrons. The summed E-state index contributed by atoms with van der Waals surface area (Å²) in [6.45, 7) is 6.68. The van der Waals surface area contributed by atoms with Crippen molar-refractivity contribution in [2.75, 3.05) is 13.7 Å². The van der Waals surface area contributed by atoms with Gasteiger partial charge < -0.3 is 14.0 Å². The second-order valence-electron chi connectivity index (χ2n) is 9.64. The molecule has 2 aromatic carbocycles. The van der Waals surface area contributed by atoms with E-state index in [4.69, 9.17) is 9.47 Å². The number of aromatic nitrogens is 3. The Balaban J connectivity index is 1.97. The summed E-state index contributed by atoms with van der Waals surface area (Å²) in [6, 6.07) is 15.9. The SMILES string of the molecule is COc1ccc([C@@H]2OCC(C)(C)n3c(-c4cccc(C)c4)c4c(=O)n(C)c(=O)n(C)c4c32)cc1. The van der Waals surface area contributed by atoms with Crippen molar-refractivity contribution in [3.8, 4) is 17.0 Å². The Morgan fingerprint density at radius 2 is 1.74 bits per heavy atom. The molecule has 1 atom stereocenters. The molecule has 2 aromatic heterocycles. The normalized spacial score (nSPS) is 17.1. The summed E-state index contributed by atoms with van der Waals surface area (Å²) in [6.07, 6.45) is -0.447. The number of fused-ring (bicyclic) bond motifs is 3. The van der Waals surface area contributed by atoms with Gasteiger partial charge in [-0.1, -0.05) is 35.9 Å². The summed E-state index contributed by atoms with van der Waals surface area (Å²) in [5, 5.41) is 0.530. The summed E-state index contributed by atoms with van der Waals surface area (Å²) >= 11 is 0. The van der Waals surface area contributed by atoms with Crippen molar-refractivity contribution in [2.45, 2.75) is 32.4 Å². The van der Waals surface area contributed by atoms with Gasteiger partial charge in [-0.25, -0.2) is 4.79 Å². The first-order valence-corrected chi connectivity index (χ1v) is 11.3. The highest BCUT2D eigenvalue weighted by Gasteiger charge is 2.40. The van der Waals surface area contributed by atoms with Crippen LogP contribution in [0.25, 0.3) is 22.2 Å². The lowest BCUT2D eigenvalue weighted by atomic mass is 9.98. The van der Waals surface area contributed by atoms with Gasteiger partial charge in [0.2, 0.25) is 0 Å². The monoisotopic (exact) mass is 459 g/mol. The van der Waals surface area contributed by atoms with E-state index in [-0.39, 0.29) is 11.2 Å². The molecule has 7 nitrogen and oxygen atoms in total. The second kappa shape index (κ2) is 7.74. The van der Waals surface area contributed by atoms with Crippen LogP contribution in [0, 0.1) is 6.92 Å². The van der Waals surface area contributed by atoms with E-state index in [0.717, 1.165) is 33.8 Å². The van der Waals surface area contributed by atoms with Crippen molar-refractivity contribution in [1.82, 2.24) is 13.7 Å². The number of rotatable bonds is 3. The van der Waals surface area contributed by atoms with Gasteiger partial charge in [-0.05, 0) is 50.1 Å². The zero-order valence-corrected chi connectivity index (χ0v) is 20.4. The van der Waals surface area contributed by atoms with Crippen LogP contribution in [0.4, 0.5) is 0 Å². The predicted octanol–water partition coefficient (Wildman–Crippen LogP) is 3.88. The highest BCUT2D eigenvalue weighted by atomic mass is 16.5. The zero-order chi connectivity index (χ0) is 24.4. The molecule has 1 aliphatic heterocycles. The minimum atomic E-state index is -0.447. The predicted molar refractivity (Wildman–Crippen MR) is 133 cm³/mol. The fraction of sp³-hybridized carbons (Fsp3) is 0.333. The third-order valence-electron chi connectivity index (χ3n) is 6.78. The van der Waals surface area contributed by atoms with E-state index in [9.17, 15) is 9.59 Å². The summed E-state index contributed by atoms with van der Waals surface area (Å²) in [7, 11) is 4.88. The van der Waals surface area contributed by atoms with Gasteiger partial charge in [-0.2, -0.15) is 0 Å². The van der Waals surface area contributed by atoms with E-state index in [1.165, 1.54) is 11.6 Å². The molecule has 176 valence electrons. The van der Waals surface area contributed by atoms with Crippen molar-refractivity contribution in [2.24, 2.45) is 14.1 Å². The number of benzene rings is 2. The molecule has 0 saturated carbocycles. The van der Waals surface area contributed by atoms with E-state index in [2.05, 4.69) is 24.5 Å². The van der Waals surface area contributed by atoms with Gasteiger partial charge in [0, 0.05) is 14.1 Å². The lowest BCUT2D eigenvalue weighted by Crippen LogP contribution is -2.40. The molecule has 0 amide bonds. The molecular weight excluding hydrogens is 430 g/mol. The first kappa shape index (κ1) is 22.2. The van der Waals surface area contributed by atoms with Gasteiger partial charge in [0.25, 0.3) is 5.56 Å². The largest absolute Gasteiger partial charge is 0.497 e. The van der Waals surface area contributed by atoms with Crippen molar-refractivity contribution < 1.29 is 9.47 Å². The highest BCUT2D eigenvalue weighted by Crippen LogP contribution is 2.45. The van der Waals surface area contributed by atoms with Crippen LogP contribution in [0.2, 0.25) is 0 Å². The van der Waals surface area contributed by atoms with Crippen LogP contribution in [-0.2, 0) is 24.4 Å². The molecule has 1 aliphatic rings. The Kier molecular flexibility index (Phi) is 5.06. The molecule has 0 spiro atoms. The van der Waals surface area contributed by atoms with Crippen LogP contribution in [0.15, 0.2) is 58.1 Å². The molecule has 7 heteroatoms. The van der Waals surface area contributed by atoms with E-state index >= 15 is 0 Å². The van der Waals surface area contributed by atoms with Crippen LogP contribution in [0.1, 0.15) is 36.8 Å². The van der Waals surface area contributed by atoms with Gasteiger partial charge in [0.05, 0.1) is 41.5 Å². The minimum absolute atomic E-state index is 0.305. The lowest BCUT2D eigenvalue weighted by molar-refractivity contribution is -0.00708. The van der Waals surface area contributed by atoms with Gasteiger partial charge in [-0.3, -0.25) is 13.9 Å². The molecule has 0 aliphatic carbocycles. The van der Waals surface area contributed by atoms with E-state index < -0.39 is 11.6 Å². The lowest BCUT2D eigenvalue weighted by Gasteiger charge is -2.39. The average molecular weight is 460 g/mol. The number of nitrogens with zero attached hydrogens (tertiary/aromatic N) is 3. The van der Waals surface area contributed by atoms with E-state index in [0.29, 0.717) is 17.5 Å². The molecular formula is C27H29N3O4. The zero-order valence-electron chi connectivity index (χ0n) is 20.4. The van der Waals surface area contributed by atoms with Crippen molar-refractivity contribution in [3.05, 3.63) is 86.2 Å². The Morgan fingerprint density at radius 1 is 1.03 bits per heavy atom. The fourth-order valence-corrected chi connectivity index (χ4v) is 5.10. The Morgan fingerprint density at radius 3 is 2.38 bits per heavy atom. The van der Waals surface area contributed by atoms with Gasteiger partial charge in [0.15, 0.2) is 0 Å². The van der Waals surface area contributed by atoms with E-state index in [1.54, 1.807) is 18.7 Å². The van der Waals surface area contributed by atoms with E-state index in [1.807, 2.05) is 49.4 Å². The number of hydrogen-bond acceptors (Lipinski definition) is 4. The Labute approximate surface area is 197 Å².